The zero-order chi connectivity index (χ0) is 10.3. The summed E-state index contributed by atoms with van der Waals surface area (Å²) in [6.07, 6.45) is 3.09. The van der Waals surface area contributed by atoms with Gasteiger partial charge >= 0.3 is 0 Å². The summed E-state index contributed by atoms with van der Waals surface area (Å²) in [6.45, 7) is 2.36. The highest BCUT2D eigenvalue weighted by Gasteiger charge is 2.58. The van der Waals surface area contributed by atoms with Crippen molar-refractivity contribution in [3.05, 3.63) is 30.1 Å². The second kappa shape index (κ2) is 3.08. The number of pyridine rings is 1. The van der Waals surface area contributed by atoms with Gasteiger partial charge in [0.15, 0.2) is 0 Å². The van der Waals surface area contributed by atoms with Gasteiger partial charge in [0.05, 0.1) is 0 Å². The predicted molar refractivity (Wildman–Crippen MR) is 59.2 cm³/mol. The molecule has 76 valence electrons. The molecule has 2 heterocycles. The highest BCUT2D eigenvalue weighted by molar-refractivity contribution is 5.35. The Morgan fingerprint density at radius 1 is 1.53 bits per heavy atom. The van der Waals surface area contributed by atoms with Crippen LogP contribution in [0.15, 0.2) is 24.4 Å². The van der Waals surface area contributed by atoms with Gasteiger partial charge in [-0.25, -0.2) is 4.98 Å². The molecule has 0 amide bonds. The van der Waals surface area contributed by atoms with Crippen LogP contribution >= 0.6 is 0 Å². The van der Waals surface area contributed by atoms with Gasteiger partial charge in [-0.15, -0.1) is 0 Å². The summed E-state index contributed by atoms with van der Waals surface area (Å²) >= 11 is 0. The SMILES string of the molecule is CN1CC2CC2(C#Cc2ccccn2)C1. The average Bonchev–Trinajstić information content (AvgIpc) is 2.81. The minimum atomic E-state index is 0.312. The molecule has 0 bridgehead atoms. The van der Waals surface area contributed by atoms with Crippen LogP contribution in [-0.4, -0.2) is 30.0 Å². The largest absolute Gasteiger partial charge is 0.305 e. The Hall–Kier alpha value is -1.33. The van der Waals surface area contributed by atoms with Gasteiger partial charge < -0.3 is 4.90 Å². The van der Waals surface area contributed by atoms with E-state index in [1.807, 2.05) is 18.2 Å². The molecule has 1 aliphatic heterocycles. The molecule has 1 saturated heterocycles. The first-order chi connectivity index (χ1) is 7.28. The second-order valence-electron chi connectivity index (χ2n) is 4.72. The van der Waals surface area contributed by atoms with Gasteiger partial charge in [-0.3, -0.25) is 0 Å². The first-order valence-electron chi connectivity index (χ1n) is 5.41. The highest BCUT2D eigenvalue weighted by Crippen LogP contribution is 2.56. The average molecular weight is 198 g/mol. The lowest BCUT2D eigenvalue weighted by Crippen LogP contribution is -2.19. The first kappa shape index (κ1) is 8.94. The van der Waals surface area contributed by atoms with Gasteiger partial charge in [0.2, 0.25) is 0 Å². The molecule has 1 aromatic rings. The van der Waals surface area contributed by atoms with Crippen molar-refractivity contribution >= 4 is 0 Å². The summed E-state index contributed by atoms with van der Waals surface area (Å²) in [5.41, 5.74) is 1.21. The maximum Gasteiger partial charge on any atom is 0.113 e. The third-order valence-electron chi connectivity index (χ3n) is 3.42. The van der Waals surface area contributed by atoms with E-state index in [0.29, 0.717) is 5.41 Å². The number of piperidine rings is 1. The van der Waals surface area contributed by atoms with Crippen LogP contribution < -0.4 is 0 Å². The van der Waals surface area contributed by atoms with Gasteiger partial charge in [-0.1, -0.05) is 12.0 Å². The summed E-state index contributed by atoms with van der Waals surface area (Å²) in [4.78, 5) is 6.60. The topological polar surface area (TPSA) is 16.1 Å². The van der Waals surface area contributed by atoms with Gasteiger partial charge in [0, 0.05) is 24.7 Å². The molecule has 2 nitrogen and oxygen atoms in total. The summed E-state index contributed by atoms with van der Waals surface area (Å²) in [6, 6.07) is 5.88. The van der Waals surface area contributed by atoms with E-state index in [9.17, 15) is 0 Å². The van der Waals surface area contributed by atoms with Crippen LogP contribution in [0, 0.1) is 23.2 Å². The summed E-state index contributed by atoms with van der Waals surface area (Å²) in [5, 5.41) is 0. The summed E-state index contributed by atoms with van der Waals surface area (Å²) in [5.74, 6) is 7.44. The Kier molecular flexibility index (Phi) is 1.83. The fourth-order valence-corrected chi connectivity index (χ4v) is 2.55. The summed E-state index contributed by atoms with van der Waals surface area (Å²) < 4.78 is 0. The molecule has 2 aliphatic rings. The number of fused-ring (bicyclic) bond motifs is 1. The maximum atomic E-state index is 4.22. The van der Waals surface area contributed by atoms with Gasteiger partial charge in [-0.05, 0) is 37.4 Å². The fourth-order valence-electron chi connectivity index (χ4n) is 2.55. The van der Waals surface area contributed by atoms with E-state index in [1.165, 1.54) is 13.0 Å². The van der Waals surface area contributed by atoms with Gasteiger partial charge in [0.1, 0.15) is 5.69 Å². The smallest absolute Gasteiger partial charge is 0.113 e. The van der Waals surface area contributed by atoms with E-state index < -0.39 is 0 Å². The standard InChI is InChI=1S/C13H14N2/c1-15-9-11-8-13(11,10-15)6-5-12-4-2-3-7-14-12/h2-4,7,11H,8-10H2,1H3. The van der Waals surface area contributed by atoms with Crippen molar-refractivity contribution in [1.82, 2.24) is 9.88 Å². The minimum absolute atomic E-state index is 0.312. The second-order valence-corrected chi connectivity index (χ2v) is 4.72. The van der Waals surface area contributed by atoms with Crippen LogP contribution in [0.2, 0.25) is 0 Å². The fraction of sp³-hybridized carbons (Fsp3) is 0.462. The lowest BCUT2D eigenvalue weighted by molar-refractivity contribution is 0.360. The molecule has 1 aromatic heterocycles. The number of nitrogens with zero attached hydrogens (tertiary/aromatic N) is 2. The van der Waals surface area contributed by atoms with Crippen LogP contribution in [0.4, 0.5) is 0 Å². The normalized spacial score (nSPS) is 33.0. The molecule has 2 fully saturated rings. The Morgan fingerprint density at radius 2 is 2.47 bits per heavy atom. The Bertz CT molecular complexity index is 429. The number of rotatable bonds is 0. The predicted octanol–water partition coefficient (Wildman–Crippen LogP) is 1.38. The van der Waals surface area contributed by atoms with Crippen molar-refractivity contribution in [2.45, 2.75) is 6.42 Å². The summed E-state index contributed by atoms with van der Waals surface area (Å²) in [7, 11) is 2.18. The molecule has 0 spiro atoms. The first-order valence-corrected chi connectivity index (χ1v) is 5.41. The minimum Gasteiger partial charge on any atom is -0.305 e. The van der Waals surface area contributed by atoms with Crippen molar-refractivity contribution in [2.75, 3.05) is 20.1 Å². The van der Waals surface area contributed by atoms with E-state index in [-0.39, 0.29) is 0 Å². The zero-order valence-electron chi connectivity index (χ0n) is 8.90. The maximum absolute atomic E-state index is 4.22. The van der Waals surface area contributed by atoms with Crippen molar-refractivity contribution in [3.63, 3.8) is 0 Å². The monoisotopic (exact) mass is 198 g/mol. The van der Waals surface area contributed by atoms with Crippen molar-refractivity contribution in [3.8, 4) is 11.8 Å². The van der Waals surface area contributed by atoms with Gasteiger partial charge in [0.25, 0.3) is 0 Å². The lowest BCUT2D eigenvalue weighted by Gasteiger charge is -2.10. The number of hydrogen-bond donors (Lipinski definition) is 0. The quantitative estimate of drug-likeness (QED) is 0.586. The van der Waals surface area contributed by atoms with Crippen LogP contribution in [0.5, 0.6) is 0 Å². The molecule has 2 heteroatoms. The van der Waals surface area contributed by atoms with Crippen LogP contribution in [0.25, 0.3) is 0 Å². The number of likely N-dealkylation sites (tertiary alicyclic amines) is 1. The van der Waals surface area contributed by atoms with E-state index in [1.54, 1.807) is 6.20 Å². The molecule has 3 rings (SSSR count). The molecule has 1 saturated carbocycles. The molecular formula is C13H14N2. The Balaban J connectivity index is 1.80. The molecular weight excluding hydrogens is 184 g/mol. The third kappa shape index (κ3) is 1.53. The van der Waals surface area contributed by atoms with Crippen LogP contribution in [-0.2, 0) is 0 Å². The van der Waals surface area contributed by atoms with Crippen molar-refractivity contribution < 1.29 is 0 Å². The van der Waals surface area contributed by atoms with Gasteiger partial charge in [-0.2, -0.15) is 0 Å². The molecule has 15 heavy (non-hydrogen) atoms. The van der Waals surface area contributed by atoms with E-state index in [4.69, 9.17) is 0 Å². The lowest BCUT2D eigenvalue weighted by atomic mass is 10.1. The molecule has 2 unspecified atom stereocenters. The third-order valence-corrected chi connectivity index (χ3v) is 3.42. The molecule has 0 N–H and O–H groups in total. The van der Waals surface area contributed by atoms with Crippen molar-refractivity contribution in [1.29, 1.82) is 0 Å². The number of hydrogen-bond acceptors (Lipinski definition) is 2. The zero-order valence-corrected chi connectivity index (χ0v) is 8.90. The molecule has 1 aliphatic carbocycles. The van der Waals surface area contributed by atoms with E-state index in [2.05, 4.69) is 28.8 Å². The number of aromatic nitrogens is 1. The molecule has 0 aromatic carbocycles. The molecule has 2 atom stereocenters. The van der Waals surface area contributed by atoms with Crippen LogP contribution in [0.1, 0.15) is 12.1 Å². The van der Waals surface area contributed by atoms with E-state index in [0.717, 1.165) is 18.2 Å². The Morgan fingerprint density at radius 3 is 3.13 bits per heavy atom. The van der Waals surface area contributed by atoms with Crippen LogP contribution in [0.3, 0.4) is 0 Å². The Labute approximate surface area is 90.3 Å². The molecule has 0 radical (unpaired) electrons. The van der Waals surface area contributed by atoms with Crippen molar-refractivity contribution in [2.24, 2.45) is 11.3 Å². The highest BCUT2D eigenvalue weighted by atomic mass is 15.2. The van der Waals surface area contributed by atoms with E-state index >= 15 is 0 Å².